The molecule has 26 heavy (non-hydrogen) atoms. The van der Waals surface area contributed by atoms with Crippen molar-refractivity contribution in [3.8, 4) is 0 Å². The van der Waals surface area contributed by atoms with Gasteiger partial charge in [-0.25, -0.2) is 0 Å². The molecule has 1 fully saturated rings. The molecule has 1 aromatic rings. The fourth-order valence-electron chi connectivity index (χ4n) is 2.89. The van der Waals surface area contributed by atoms with Crippen LogP contribution in [0.1, 0.15) is 24.9 Å². The van der Waals surface area contributed by atoms with Gasteiger partial charge in [0.2, 0.25) is 11.8 Å². The third-order valence-corrected chi connectivity index (χ3v) is 4.30. The highest BCUT2D eigenvalue weighted by Crippen LogP contribution is 2.27. The van der Waals surface area contributed by atoms with Crippen molar-refractivity contribution in [3.63, 3.8) is 0 Å². The van der Waals surface area contributed by atoms with E-state index in [4.69, 9.17) is 0 Å². The zero-order chi connectivity index (χ0) is 19.5. The molecule has 1 aliphatic heterocycles. The van der Waals surface area contributed by atoms with Gasteiger partial charge in [-0.15, -0.1) is 0 Å². The standard InChI is InChI=1S/C17H19F3N2O4/c1-10(16(25)26)14(11-5-3-2-4-6-11)21-15(24)12-7-13(23)22(8-12)9-17(18,19)20/h2-6,10,12,14H,7-9H2,1H3,(H,21,24)(H,25,26)/t10-,12-,14+/m0/s1. The molecule has 3 atom stereocenters. The molecule has 2 rings (SSSR count). The lowest BCUT2D eigenvalue weighted by atomic mass is 9.93. The number of nitrogens with one attached hydrogen (secondary N) is 1. The molecule has 0 aliphatic carbocycles. The molecule has 0 radical (unpaired) electrons. The average Bonchev–Trinajstić information content (AvgIpc) is 2.91. The van der Waals surface area contributed by atoms with Crippen LogP contribution in [0.25, 0.3) is 0 Å². The largest absolute Gasteiger partial charge is 0.481 e. The number of nitrogens with zero attached hydrogens (tertiary/aromatic N) is 1. The summed E-state index contributed by atoms with van der Waals surface area (Å²) in [5.41, 5.74) is 0.562. The van der Waals surface area contributed by atoms with Gasteiger partial charge < -0.3 is 15.3 Å². The first-order chi connectivity index (χ1) is 12.1. The first-order valence-corrected chi connectivity index (χ1v) is 8.01. The Morgan fingerprint density at radius 1 is 1.31 bits per heavy atom. The van der Waals surface area contributed by atoms with Crippen LogP contribution in [0.3, 0.4) is 0 Å². The summed E-state index contributed by atoms with van der Waals surface area (Å²) in [6.07, 6.45) is -4.86. The topological polar surface area (TPSA) is 86.7 Å². The van der Waals surface area contributed by atoms with E-state index in [9.17, 15) is 32.7 Å². The molecular formula is C17H19F3N2O4. The molecule has 1 saturated heterocycles. The van der Waals surface area contributed by atoms with Crippen molar-refractivity contribution in [1.82, 2.24) is 10.2 Å². The van der Waals surface area contributed by atoms with Crippen LogP contribution in [0, 0.1) is 11.8 Å². The van der Waals surface area contributed by atoms with E-state index in [1.165, 1.54) is 6.92 Å². The zero-order valence-corrected chi connectivity index (χ0v) is 14.0. The summed E-state index contributed by atoms with van der Waals surface area (Å²) in [5.74, 6) is -4.41. The van der Waals surface area contributed by atoms with E-state index < -0.39 is 48.4 Å². The van der Waals surface area contributed by atoms with Crippen molar-refractivity contribution < 1.29 is 32.7 Å². The Kier molecular flexibility index (Phi) is 5.89. The third kappa shape index (κ3) is 4.96. The molecule has 2 amide bonds. The number of hydrogen-bond donors (Lipinski definition) is 2. The van der Waals surface area contributed by atoms with Crippen LogP contribution in [-0.2, 0) is 14.4 Å². The molecular weight excluding hydrogens is 353 g/mol. The lowest BCUT2D eigenvalue weighted by molar-refractivity contribution is -0.157. The van der Waals surface area contributed by atoms with Gasteiger partial charge in [-0.3, -0.25) is 14.4 Å². The van der Waals surface area contributed by atoms with Crippen molar-refractivity contribution >= 4 is 17.8 Å². The number of halogens is 3. The van der Waals surface area contributed by atoms with Crippen LogP contribution in [0.4, 0.5) is 13.2 Å². The third-order valence-electron chi connectivity index (χ3n) is 4.30. The van der Waals surface area contributed by atoms with Gasteiger partial charge in [-0.1, -0.05) is 30.3 Å². The van der Waals surface area contributed by atoms with Crippen molar-refractivity contribution in [2.75, 3.05) is 13.1 Å². The van der Waals surface area contributed by atoms with Crippen LogP contribution >= 0.6 is 0 Å². The van der Waals surface area contributed by atoms with Gasteiger partial charge in [0, 0.05) is 13.0 Å². The van der Waals surface area contributed by atoms with E-state index in [1.54, 1.807) is 30.3 Å². The van der Waals surface area contributed by atoms with Crippen LogP contribution in [0.2, 0.25) is 0 Å². The molecule has 0 aromatic heterocycles. The fourth-order valence-corrected chi connectivity index (χ4v) is 2.89. The summed E-state index contributed by atoms with van der Waals surface area (Å²) < 4.78 is 37.4. The quantitative estimate of drug-likeness (QED) is 0.799. The molecule has 0 spiro atoms. The Morgan fingerprint density at radius 3 is 2.46 bits per heavy atom. The lowest BCUT2D eigenvalue weighted by Gasteiger charge is -2.24. The minimum Gasteiger partial charge on any atom is -0.481 e. The molecule has 142 valence electrons. The number of alkyl halides is 3. The van der Waals surface area contributed by atoms with E-state index >= 15 is 0 Å². The number of aliphatic carboxylic acids is 1. The number of likely N-dealkylation sites (tertiary alicyclic amines) is 1. The average molecular weight is 372 g/mol. The molecule has 2 N–H and O–H groups in total. The van der Waals surface area contributed by atoms with Crippen LogP contribution in [0.5, 0.6) is 0 Å². The number of rotatable bonds is 6. The molecule has 1 heterocycles. The number of benzene rings is 1. The second-order valence-corrected chi connectivity index (χ2v) is 6.31. The highest BCUT2D eigenvalue weighted by Gasteiger charge is 2.41. The molecule has 0 saturated carbocycles. The first kappa shape index (κ1) is 19.7. The fraction of sp³-hybridized carbons (Fsp3) is 0.471. The van der Waals surface area contributed by atoms with E-state index in [1.807, 2.05) is 0 Å². The van der Waals surface area contributed by atoms with Gasteiger partial charge in [0.1, 0.15) is 6.54 Å². The second-order valence-electron chi connectivity index (χ2n) is 6.31. The predicted molar refractivity (Wildman–Crippen MR) is 84.9 cm³/mol. The Balaban J connectivity index is 2.10. The summed E-state index contributed by atoms with van der Waals surface area (Å²) in [4.78, 5) is 36.1. The Bertz CT molecular complexity index is 678. The highest BCUT2D eigenvalue weighted by atomic mass is 19.4. The minimum absolute atomic E-state index is 0.328. The van der Waals surface area contributed by atoms with Gasteiger partial charge in [-0.2, -0.15) is 13.2 Å². The van der Waals surface area contributed by atoms with Crippen LogP contribution in [0.15, 0.2) is 30.3 Å². The number of carbonyl (C=O) groups is 3. The maximum atomic E-state index is 12.5. The Hall–Kier alpha value is -2.58. The molecule has 1 aliphatic rings. The monoisotopic (exact) mass is 372 g/mol. The van der Waals surface area contributed by atoms with Crippen molar-refractivity contribution in [2.24, 2.45) is 11.8 Å². The maximum absolute atomic E-state index is 12.5. The van der Waals surface area contributed by atoms with Gasteiger partial charge >= 0.3 is 12.1 Å². The highest BCUT2D eigenvalue weighted by molar-refractivity contribution is 5.89. The SMILES string of the molecule is C[C@H](C(=O)O)[C@@H](NC(=O)[C@H]1CC(=O)N(CC(F)(F)F)C1)c1ccccc1. The predicted octanol–water partition coefficient (Wildman–Crippen LogP) is 1.98. The summed E-state index contributed by atoms with van der Waals surface area (Å²) in [6.45, 7) is -0.313. The number of carboxylic acid groups (broad SMARTS) is 1. The molecule has 0 unspecified atom stereocenters. The number of amides is 2. The number of carbonyl (C=O) groups excluding carboxylic acids is 2. The van der Waals surface area contributed by atoms with Gasteiger partial charge in [0.15, 0.2) is 0 Å². The van der Waals surface area contributed by atoms with Crippen molar-refractivity contribution in [2.45, 2.75) is 25.6 Å². The van der Waals surface area contributed by atoms with Crippen LogP contribution in [-0.4, -0.2) is 47.1 Å². The van der Waals surface area contributed by atoms with Crippen molar-refractivity contribution in [1.29, 1.82) is 0 Å². The molecule has 1 aromatic carbocycles. The van der Waals surface area contributed by atoms with Gasteiger partial charge in [0.25, 0.3) is 0 Å². The van der Waals surface area contributed by atoms with Gasteiger partial charge in [0.05, 0.1) is 17.9 Å². The second kappa shape index (κ2) is 7.76. The molecule has 0 bridgehead atoms. The Morgan fingerprint density at radius 2 is 1.92 bits per heavy atom. The summed E-state index contributed by atoms with van der Waals surface area (Å²) in [7, 11) is 0. The normalized spacial score (nSPS) is 19.9. The summed E-state index contributed by atoms with van der Waals surface area (Å²) >= 11 is 0. The first-order valence-electron chi connectivity index (χ1n) is 8.01. The van der Waals surface area contributed by atoms with E-state index in [0.717, 1.165) is 0 Å². The molecule has 6 nitrogen and oxygen atoms in total. The zero-order valence-electron chi connectivity index (χ0n) is 14.0. The van der Waals surface area contributed by atoms with E-state index in [2.05, 4.69) is 5.32 Å². The smallest absolute Gasteiger partial charge is 0.406 e. The van der Waals surface area contributed by atoms with Gasteiger partial charge in [-0.05, 0) is 12.5 Å². The summed E-state index contributed by atoms with van der Waals surface area (Å²) in [5, 5.41) is 11.8. The minimum atomic E-state index is -4.54. The number of hydrogen-bond acceptors (Lipinski definition) is 3. The lowest BCUT2D eigenvalue weighted by Crippen LogP contribution is -2.40. The van der Waals surface area contributed by atoms with E-state index in [0.29, 0.717) is 10.5 Å². The van der Waals surface area contributed by atoms with E-state index in [-0.39, 0.29) is 13.0 Å². The summed E-state index contributed by atoms with van der Waals surface area (Å²) in [6, 6.07) is 7.56. The van der Waals surface area contributed by atoms with Crippen LogP contribution < -0.4 is 5.32 Å². The van der Waals surface area contributed by atoms with Crippen molar-refractivity contribution in [3.05, 3.63) is 35.9 Å². The number of carboxylic acids is 1. The maximum Gasteiger partial charge on any atom is 0.406 e. The molecule has 9 heteroatoms. The Labute approximate surface area is 148 Å².